The van der Waals surface area contributed by atoms with Crippen molar-refractivity contribution in [1.82, 2.24) is 14.7 Å². The molecule has 2 aromatic heterocycles. The van der Waals surface area contributed by atoms with Gasteiger partial charge in [0.05, 0.1) is 7.11 Å². The third kappa shape index (κ3) is 4.69. The second-order valence-corrected chi connectivity index (χ2v) is 7.80. The van der Waals surface area contributed by atoms with Crippen LogP contribution in [0.1, 0.15) is 16.8 Å². The van der Waals surface area contributed by atoms with Gasteiger partial charge in [-0.3, -0.25) is 9.59 Å². The number of anilines is 1. The molecule has 0 aliphatic carbocycles. The summed E-state index contributed by atoms with van der Waals surface area (Å²) < 4.78 is 12.0. The van der Waals surface area contributed by atoms with Gasteiger partial charge in [-0.15, -0.1) is 0 Å². The molecule has 0 unspecified atom stereocenters. The number of nitrogens with zero attached hydrogens (tertiary/aromatic N) is 3. The molecule has 0 saturated carbocycles. The number of carbonyl (C=O) groups excluding carboxylic acids is 1. The predicted molar refractivity (Wildman–Crippen MR) is 125 cm³/mol. The van der Waals surface area contributed by atoms with Crippen LogP contribution in [0.3, 0.4) is 0 Å². The Labute approximate surface area is 190 Å². The molecule has 1 N–H and O–H groups in total. The lowest BCUT2D eigenvalue weighted by Gasteiger charge is -2.13. The first-order valence-corrected chi connectivity index (χ1v) is 10.4. The lowest BCUT2D eigenvalue weighted by molar-refractivity contribution is -0.116. The van der Waals surface area contributed by atoms with Gasteiger partial charge in [-0.1, -0.05) is 17.3 Å². The molecule has 0 aliphatic rings. The normalized spacial score (nSPS) is 10.8. The average molecular weight is 444 g/mol. The Morgan fingerprint density at radius 1 is 1.09 bits per heavy atom. The predicted octanol–water partition coefficient (Wildman–Crippen LogP) is 4.14. The van der Waals surface area contributed by atoms with Gasteiger partial charge in [0.1, 0.15) is 17.9 Å². The summed E-state index contributed by atoms with van der Waals surface area (Å²) in [5.41, 5.74) is 3.71. The fraction of sp³-hybridized carbons (Fsp3) is 0.200. The van der Waals surface area contributed by atoms with E-state index in [4.69, 9.17) is 9.26 Å². The fourth-order valence-corrected chi connectivity index (χ4v) is 3.63. The number of aryl methyl sites for hydroxylation is 3. The van der Waals surface area contributed by atoms with E-state index in [1.54, 1.807) is 39.2 Å². The van der Waals surface area contributed by atoms with Crippen LogP contribution in [0.2, 0.25) is 0 Å². The van der Waals surface area contributed by atoms with Crippen molar-refractivity contribution < 1.29 is 14.1 Å². The first kappa shape index (κ1) is 22.0. The van der Waals surface area contributed by atoms with Crippen molar-refractivity contribution in [2.24, 2.45) is 0 Å². The van der Waals surface area contributed by atoms with Gasteiger partial charge in [0.15, 0.2) is 0 Å². The van der Waals surface area contributed by atoms with Crippen LogP contribution in [-0.4, -0.2) is 27.7 Å². The number of pyridine rings is 1. The third-order valence-electron chi connectivity index (χ3n) is 5.30. The number of hydrogen-bond donors (Lipinski definition) is 1. The summed E-state index contributed by atoms with van der Waals surface area (Å²) in [7, 11) is 1.59. The molecule has 168 valence electrons. The number of amides is 1. The molecule has 2 aromatic carbocycles. The molecule has 33 heavy (non-hydrogen) atoms. The van der Waals surface area contributed by atoms with E-state index in [0.29, 0.717) is 28.5 Å². The number of ether oxygens (including phenoxy) is 1. The number of hydrogen-bond acceptors (Lipinski definition) is 6. The molecule has 0 radical (unpaired) electrons. The Bertz CT molecular complexity index is 1370. The Morgan fingerprint density at radius 3 is 2.55 bits per heavy atom. The van der Waals surface area contributed by atoms with Crippen LogP contribution in [0.15, 0.2) is 63.9 Å². The summed E-state index contributed by atoms with van der Waals surface area (Å²) in [5.74, 6) is 0.876. The Kier molecular flexibility index (Phi) is 6.08. The molecular weight excluding hydrogens is 420 g/mol. The minimum atomic E-state index is -0.364. The molecule has 1 amide bonds. The van der Waals surface area contributed by atoms with Crippen molar-refractivity contribution in [1.29, 1.82) is 0 Å². The number of rotatable bonds is 6. The zero-order valence-corrected chi connectivity index (χ0v) is 18.9. The van der Waals surface area contributed by atoms with E-state index >= 15 is 0 Å². The average Bonchev–Trinajstić information content (AvgIpc) is 3.26. The Morgan fingerprint density at radius 2 is 1.85 bits per heavy atom. The molecule has 8 heteroatoms. The SMILES string of the molecule is COc1ccc(-c2noc(-c3c(C)cc(C)n(CC(=O)Nc4cccc(C)c4)c3=O)n2)cc1. The molecule has 0 spiro atoms. The van der Waals surface area contributed by atoms with Crippen molar-refractivity contribution >= 4 is 11.6 Å². The van der Waals surface area contributed by atoms with Gasteiger partial charge in [-0.05, 0) is 74.4 Å². The number of benzene rings is 2. The summed E-state index contributed by atoms with van der Waals surface area (Å²) in [6, 6.07) is 16.5. The smallest absolute Gasteiger partial charge is 0.264 e. The van der Waals surface area contributed by atoms with Gasteiger partial charge in [0.2, 0.25) is 11.7 Å². The first-order chi connectivity index (χ1) is 15.9. The van der Waals surface area contributed by atoms with Gasteiger partial charge in [0, 0.05) is 16.9 Å². The molecule has 0 saturated heterocycles. The third-order valence-corrected chi connectivity index (χ3v) is 5.30. The highest BCUT2D eigenvalue weighted by Crippen LogP contribution is 2.24. The van der Waals surface area contributed by atoms with Crippen molar-refractivity contribution in [3.8, 4) is 28.6 Å². The van der Waals surface area contributed by atoms with E-state index in [-0.39, 0.29) is 29.5 Å². The van der Waals surface area contributed by atoms with E-state index < -0.39 is 0 Å². The maximum atomic E-state index is 13.3. The first-order valence-electron chi connectivity index (χ1n) is 10.4. The molecule has 0 bridgehead atoms. The number of carbonyl (C=O) groups is 1. The van der Waals surface area contributed by atoms with Crippen LogP contribution >= 0.6 is 0 Å². The summed E-state index contributed by atoms with van der Waals surface area (Å²) in [4.78, 5) is 30.4. The Balaban J connectivity index is 1.63. The largest absolute Gasteiger partial charge is 0.497 e. The second-order valence-electron chi connectivity index (χ2n) is 7.80. The fourth-order valence-electron chi connectivity index (χ4n) is 3.63. The van der Waals surface area contributed by atoms with Gasteiger partial charge in [0.25, 0.3) is 11.4 Å². The molecule has 4 aromatic rings. The molecule has 0 aliphatic heterocycles. The van der Waals surface area contributed by atoms with E-state index in [1.807, 2.05) is 43.3 Å². The lowest BCUT2D eigenvalue weighted by Crippen LogP contribution is -2.30. The Hall–Kier alpha value is -4.20. The summed E-state index contributed by atoms with van der Waals surface area (Å²) >= 11 is 0. The second kappa shape index (κ2) is 9.12. The highest BCUT2D eigenvalue weighted by molar-refractivity contribution is 5.90. The number of methoxy groups -OCH3 is 1. The van der Waals surface area contributed by atoms with Gasteiger partial charge in [-0.2, -0.15) is 4.98 Å². The zero-order valence-electron chi connectivity index (χ0n) is 18.9. The monoisotopic (exact) mass is 444 g/mol. The topological polar surface area (TPSA) is 99.3 Å². The lowest BCUT2D eigenvalue weighted by atomic mass is 10.1. The van der Waals surface area contributed by atoms with Crippen LogP contribution in [0.25, 0.3) is 22.8 Å². The van der Waals surface area contributed by atoms with E-state index in [1.165, 1.54) is 4.57 Å². The minimum absolute atomic E-state index is 0.108. The minimum Gasteiger partial charge on any atom is -0.497 e. The van der Waals surface area contributed by atoms with Crippen LogP contribution in [0, 0.1) is 20.8 Å². The van der Waals surface area contributed by atoms with Gasteiger partial charge in [-0.25, -0.2) is 0 Å². The van der Waals surface area contributed by atoms with Crippen molar-refractivity contribution in [3.63, 3.8) is 0 Å². The number of nitrogens with one attached hydrogen (secondary N) is 1. The summed E-state index contributed by atoms with van der Waals surface area (Å²) in [6.07, 6.45) is 0. The van der Waals surface area contributed by atoms with Crippen molar-refractivity contribution in [2.45, 2.75) is 27.3 Å². The highest BCUT2D eigenvalue weighted by Gasteiger charge is 2.20. The number of aromatic nitrogens is 3. The van der Waals surface area contributed by atoms with Crippen LogP contribution in [-0.2, 0) is 11.3 Å². The zero-order chi connectivity index (χ0) is 23.5. The highest BCUT2D eigenvalue weighted by atomic mass is 16.5. The standard InChI is InChI=1S/C25H24N4O4/c1-15-6-5-7-19(12-15)26-21(30)14-29-17(3)13-16(2)22(25(29)31)24-27-23(28-33-24)18-8-10-20(32-4)11-9-18/h5-13H,14H2,1-4H3,(H,26,30). The molecule has 4 rings (SSSR count). The van der Waals surface area contributed by atoms with Gasteiger partial charge >= 0.3 is 0 Å². The molecule has 8 nitrogen and oxygen atoms in total. The van der Waals surface area contributed by atoms with Crippen molar-refractivity contribution in [2.75, 3.05) is 12.4 Å². The van der Waals surface area contributed by atoms with Crippen LogP contribution in [0.5, 0.6) is 5.75 Å². The van der Waals surface area contributed by atoms with Crippen molar-refractivity contribution in [3.05, 3.63) is 81.8 Å². The van der Waals surface area contributed by atoms with E-state index in [2.05, 4.69) is 15.5 Å². The molecule has 2 heterocycles. The molecule has 0 fully saturated rings. The van der Waals surface area contributed by atoms with E-state index in [0.717, 1.165) is 11.1 Å². The maximum Gasteiger partial charge on any atom is 0.264 e. The summed E-state index contributed by atoms with van der Waals surface area (Å²) in [6.45, 7) is 5.40. The summed E-state index contributed by atoms with van der Waals surface area (Å²) in [5, 5.41) is 6.86. The van der Waals surface area contributed by atoms with Crippen LogP contribution < -0.4 is 15.6 Å². The van der Waals surface area contributed by atoms with Crippen LogP contribution in [0.4, 0.5) is 5.69 Å². The maximum absolute atomic E-state index is 13.3. The van der Waals surface area contributed by atoms with Gasteiger partial charge < -0.3 is 19.1 Å². The quantitative estimate of drug-likeness (QED) is 0.480. The molecular formula is C25H24N4O4. The molecule has 0 atom stereocenters. The van der Waals surface area contributed by atoms with E-state index in [9.17, 15) is 9.59 Å².